The van der Waals surface area contributed by atoms with Crippen molar-refractivity contribution in [2.45, 2.75) is 45.2 Å². The first kappa shape index (κ1) is 21.8. The summed E-state index contributed by atoms with van der Waals surface area (Å²) in [5, 5.41) is 3.54. The number of halogens is 1. The number of rotatable bonds is 5. The van der Waals surface area contributed by atoms with E-state index in [1.807, 2.05) is 0 Å². The van der Waals surface area contributed by atoms with Gasteiger partial charge < -0.3 is 15.0 Å². The topological polar surface area (TPSA) is 40.1 Å². The number of guanidine groups is 1. The van der Waals surface area contributed by atoms with Gasteiger partial charge in [-0.3, -0.25) is 9.89 Å². The number of benzene rings is 1. The molecule has 2 unspecified atom stereocenters. The fourth-order valence-electron chi connectivity index (χ4n) is 4.83. The van der Waals surface area contributed by atoms with E-state index < -0.39 is 0 Å². The van der Waals surface area contributed by atoms with Gasteiger partial charge in [0.25, 0.3) is 0 Å². The van der Waals surface area contributed by atoms with Crippen molar-refractivity contribution in [2.24, 2.45) is 10.4 Å². The maximum Gasteiger partial charge on any atom is 0.193 e. The number of hydrogen-bond acceptors (Lipinski definition) is 3. The lowest BCUT2D eigenvalue weighted by Gasteiger charge is -2.27. The Kier molecular flexibility index (Phi) is 8.00. The zero-order valence-corrected chi connectivity index (χ0v) is 19.4. The number of nitrogens with one attached hydrogen (secondary N) is 1. The van der Waals surface area contributed by atoms with Gasteiger partial charge in [0.1, 0.15) is 0 Å². The summed E-state index contributed by atoms with van der Waals surface area (Å²) in [6.45, 7) is 10.3. The molecule has 4 rings (SSSR count). The van der Waals surface area contributed by atoms with E-state index in [0.29, 0.717) is 11.5 Å². The smallest absolute Gasteiger partial charge is 0.193 e. The van der Waals surface area contributed by atoms with Gasteiger partial charge in [0, 0.05) is 44.2 Å². The van der Waals surface area contributed by atoms with Crippen LogP contribution in [0.4, 0.5) is 0 Å². The fraction of sp³-hybridized carbons (Fsp3) is 0.682. The van der Waals surface area contributed by atoms with E-state index in [4.69, 9.17) is 9.73 Å². The molecule has 156 valence electrons. The van der Waals surface area contributed by atoms with Crippen LogP contribution in [0.1, 0.15) is 38.2 Å². The molecule has 3 aliphatic heterocycles. The number of aliphatic imine (C=N–C) groups is 1. The zero-order chi connectivity index (χ0) is 18.5. The fourth-order valence-corrected chi connectivity index (χ4v) is 4.83. The molecule has 6 heteroatoms. The molecular weight excluding hydrogens is 463 g/mol. The molecule has 5 nitrogen and oxygen atoms in total. The van der Waals surface area contributed by atoms with Gasteiger partial charge in [0.2, 0.25) is 0 Å². The van der Waals surface area contributed by atoms with Gasteiger partial charge in [-0.1, -0.05) is 30.3 Å². The Morgan fingerprint density at radius 2 is 2.11 bits per heavy atom. The minimum atomic E-state index is 0. The molecule has 1 aromatic carbocycles. The Morgan fingerprint density at radius 1 is 1.25 bits per heavy atom. The van der Waals surface area contributed by atoms with Crippen molar-refractivity contribution in [3.05, 3.63) is 35.9 Å². The average molecular weight is 498 g/mol. The third-order valence-corrected chi connectivity index (χ3v) is 6.44. The predicted molar refractivity (Wildman–Crippen MR) is 125 cm³/mol. The number of likely N-dealkylation sites (tertiary alicyclic amines) is 2. The van der Waals surface area contributed by atoms with Crippen LogP contribution >= 0.6 is 24.0 Å². The molecule has 3 heterocycles. The van der Waals surface area contributed by atoms with Crippen LogP contribution in [0.5, 0.6) is 0 Å². The Morgan fingerprint density at radius 3 is 2.86 bits per heavy atom. The molecule has 0 saturated carbocycles. The number of hydrogen-bond donors (Lipinski definition) is 1. The van der Waals surface area contributed by atoms with Gasteiger partial charge in [0.15, 0.2) is 5.96 Å². The van der Waals surface area contributed by atoms with Gasteiger partial charge in [0.05, 0.1) is 13.2 Å². The summed E-state index contributed by atoms with van der Waals surface area (Å²) in [6.07, 6.45) is 4.98. The summed E-state index contributed by atoms with van der Waals surface area (Å²) in [5.41, 5.74) is 1.78. The maximum absolute atomic E-state index is 5.69. The molecule has 0 bridgehead atoms. The van der Waals surface area contributed by atoms with Crippen LogP contribution in [0, 0.1) is 5.41 Å². The lowest BCUT2D eigenvalue weighted by molar-refractivity contribution is 0.156. The molecule has 2 atom stereocenters. The molecule has 28 heavy (non-hydrogen) atoms. The Hall–Kier alpha value is -0.860. The molecule has 1 spiro atoms. The van der Waals surface area contributed by atoms with Crippen LogP contribution in [0.15, 0.2) is 35.3 Å². The van der Waals surface area contributed by atoms with E-state index in [-0.39, 0.29) is 24.0 Å². The highest BCUT2D eigenvalue weighted by Crippen LogP contribution is 2.38. The second-order valence-electron chi connectivity index (χ2n) is 8.42. The van der Waals surface area contributed by atoms with Crippen LogP contribution in [0.25, 0.3) is 0 Å². The monoisotopic (exact) mass is 498 g/mol. The molecule has 3 aliphatic rings. The van der Waals surface area contributed by atoms with Gasteiger partial charge >= 0.3 is 0 Å². The first-order valence-electron chi connectivity index (χ1n) is 10.7. The minimum absolute atomic E-state index is 0. The molecule has 0 aromatic heterocycles. The van der Waals surface area contributed by atoms with Gasteiger partial charge in [-0.15, -0.1) is 24.0 Å². The minimum Gasteiger partial charge on any atom is -0.381 e. The van der Waals surface area contributed by atoms with Gasteiger partial charge in [-0.05, 0) is 44.7 Å². The third-order valence-electron chi connectivity index (χ3n) is 6.44. The number of nitrogens with zero attached hydrogens (tertiary/aromatic N) is 3. The van der Waals surface area contributed by atoms with E-state index >= 15 is 0 Å². The maximum atomic E-state index is 5.69. The Labute approximate surface area is 186 Å². The summed E-state index contributed by atoms with van der Waals surface area (Å²) in [4.78, 5) is 10.1. The summed E-state index contributed by atoms with van der Waals surface area (Å²) in [6, 6.07) is 11.4. The third kappa shape index (κ3) is 5.19. The SMILES string of the molecule is CCNC(=NCC1CCCN1Cc1ccccc1)N1CCC2(CCOC2)C1.I. The van der Waals surface area contributed by atoms with Crippen molar-refractivity contribution in [1.82, 2.24) is 15.1 Å². The van der Waals surface area contributed by atoms with Crippen molar-refractivity contribution in [3.63, 3.8) is 0 Å². The molecular formula is C22H35IN4O. The second-order valence-corrected chi connectivity index (χ2v) is 8.42. The Balaban J connectivity index is 0.00000225. The van der Waals surface area contributed by atoms with E-state index in [9.17, 15) is 0 Å². The van der Waals surface area contributed by atoms with Crippen LogP contribution in [-0.4, -0.2) is 67.7 Å². The van der Waals surface area contributed by atoms with Crippen LogP contribution in [-0.2, 0) is 11.3 Å². The molecule has 1 aromatic rings. The van der Waals surface area contributed by atoms with E-state index in [1.54, 1.807) is 0 Å². The van der Waals surface area contributed by atoms with E-state index in [2.05, 4.69) is 52.4 Å². The molecule has 0 radical (unpaired) electrons. The molecule has 0 amide bonds. The highest BCUT2D eigenvalue weighted by molar-refractivity contribution is 14.0. The highest BCUT2D eigenvalue weighted by atomic mass is 127. The van der Waals surface area contributed by atoms with Crippen LogP contribution < -0.4 is 5.32 Å². The molecule has 3 fully saturated rings. The van der Waals surface area contributed by atoms with Crippen molar-refractivity contribution in [1.29, 1.82) is 0 Å². The lowest BCUT2D eigenvalue weighted by atomic mass is 9.87. The van der Waals surface area contributed by atoms with E-state index in [0.717, 1.165) is 51.9 Å². The van der Waals surface area contributed by atoms with Crippen molar-refractivity contribution in [2.75, 3.05) is 45.9 Å². The van der Waals surface area contributed by atoms with Crippen LogP contribution in [0.2, 0.25) is 0 Å². The quantitative estimate of drug-likeness (QED) is 0.384. The lowest BCUT2D eigenvalue weighted by Crippen LogP contribution is -2.42. The first-order chi connectivity index (χ1) is 13.3. The summed E-state index contributed by atoms with van der Waals surface area (Å²) in [7, 11) is 0. The highest BCUT2D eigenvalue weighted by Gasteiger charge is 2.42. The zero-order valence-electron chi connectivity index (χ0n) is 17.1. The summed E-state index contributed by atoms with van der Waals surface area (Å²) < 4.78 is 5.69. The van der Waals surface area contributed by atoms with Gasteiger partial charge in [-0.25, -0.2) is 0 Å². The van der Waals surface area contributed by atoms with Crippen molar-refractivity contribution >= 4 is 29.9 Å². The average Bonchev–Trinajstić information content (AvgIpc) is 3.43. The summed E-state index contributed by atoms with van der Waals surface area (Å²) in [5.74, 6) is 1.10. The number of ether oxygens (including phenoxy) is 1. The van der Waals surface area contributed by atoms with Crippen molar-refractivity contribution in [3.8, 4) is 0 Å². The van der Waals surface area contributed by atoms with Gasteiger partial charge in [-0.2, -0.15) is 0 Å². The second kappa shape index (κ2) is 10.3. The Bertz CT molecular complexity index is 633. The molecule has 1 N–H and O–H groups in total. The predicted octanol–water partition coefficient (Wildman–Crippen LogP) is 3.35. The molecule has 3 saturated heterocycles. The summed E-state index contributed by atoms with van der Waals surface area (Å²) >= 11 is 0. The first-order valence-corrected chi connectivity index (χ1v) is 10.7. The van der Waals surface area contributed by atoms with Crippen LogP contribution in [0.3, 0.4) is 0 Å². The standard InChI is InChI=1S/C22H34N4O.HI/c1-2-23-21(26-13-10-22(17-26)11-14-27-18-22)24-15-20-9-6-12-25(20)16-19-7-4-3-5-8-19;/h3-5,7-8,20H,2,6,9-18H2,1H3,(H,23,24);1H. The van der Waals surface area contributed by atoms with E-state index in [1.165, 1.54) is 37.8 Å². The molecule has 0 aliphatic carbocycles. The largest absolute Gasteiger partial charge is 0.381 e. The van der Waals surface area contributed by atoms with Crippen molar-refractivity contribution < 1.29 is 4.74 Å². The normalized spacial score (nSPS) is 28.1.